The van der Waals surface area contributed by atoms with Crippen LogP contribution in [0.25, 0.3) is 11.8 Å². The number of aliphatic imine (C=N–C) groups is 1. The van der Waals surface area contributed by atoms with E-state index in [9.17, 15) is 10.1 Å². The first-order valence-corrected chi connectivity index (χ1v) is 13.6. The van der Waals surface area contributed by atoms with Crippen LogP contribution in [0.5, 0.6) is 0 Å². The first kappa shape index (κ1) is 24.0. The molecule has 0 fully saturated rings. The Morgan fingerprint density at radius 2 is 1.78 bits per heavy atom. The summed E-state index contributed by atoms with van der Waals surface area (Å²) in [6, 6.07) is 22.3. The highest BCUT2D eigenvalue weighted by Crippen LogP contribution is 2.52. The van der Waals surface area contributed by atoms with E-state index in [4.69, 9.17) is 28.2 Å². The fourth-order valence-corrected chi connectivity index (χ4v) is 6.52. The maximum atomic E-state index is 11.5. The Labute approximate surface area is 229 Å². The van der Waals surface area contributed by atoms with Gasteiger partial charge in [0, 0.05) is 33.1 Å². The second-order valence-electron chi connectivity index (χ2n) is 9.04. The normalized spacial score (nSPS) is 19.9. The van der Waals surface area contributed by atoms with E-state index in [0.717, 1.165) is 58.1 Å². The maximum Gasteiger partial charge on any atom is 0.270 e. The van der Waals surface area contributed by atoms with Gasteiger partial charge in [0.25, 0.3) is 5.69 Å². The van der Waals surface area contributed by atoms with E-state index >= 15 is 0 Å². The molecule has 0 saturated heterocycles. The largest absolute Gasteiger partial charge is 0.308 e. The summed E-state index contributed by atoms with van der Waals surface area (Å²) in [5.74, 6) is 0. The summed E-state index contributed by atoms with van der Waals surface area (Å²) in [7, 11) is 0. The lowest BCUT2D eigenvalue weighted by Crippen LogP contribution is -2.35. The molecular weight excluding hydrogens is 525 g/mol. The number of nitro benzene ring substituents is 1. The zero-order valence-electron chi connectivity index (χ0n) is 19.6. The van der Waals surface area contributed by atoms with Crippen LogP contribution in [0.4, 0.5) is 5.69 Å². The van der Waals surface area contributed by atoms with Crippen molar-refractivity contribution < 1.29 is 4.92 Å². The molecule has 6 rings (SSSR count). The zero-order chi connectivity index (χ0) is 25.5. The van der Waals surface area contributed by atoms with E-state index in [1.165, 1.54) is 23.4 Å². The SMILES string of the molecule is O=[N+]([O-])c1cccc(C2=CSC3=NC4=C(CCC/C4=C\c4ccccc4Cl)[C@@H](c4ccccc4Cl)N23)c1. The number of amidine groups is 1. The fraction of sp³-hybridized carbons (Fsp3) is 0.138. The van der Waals surface area contributed by atoms with Crippen molar-refractivity contribution in [3.8, 4) is 0 Å². The topological polar surface area (TPSA) is 58.7 Å². The minimum Gasteiger partial charge on any atom is -0.308 e. The smallest absolute Gasteiger partial charge is 0.270 e. The molecule has 1 aliphatic carbocycles. The molecule has 0 amide bonds. The van der Waals surface area contributed by atoms with Crippen LogP contribution in [0.15, 0.2) is 100 Å². The van der Waals surface area contributed by atoms with Crippen LogP contribution in [0.2, 0.25) is 10.0 Å². The molecule has 0 bridgehead atoms. The summed E-state index contributed by atoms with van der Waals surface area (Å²) in [5, 5.41) is 15.7. The van der Waals surface area contributed by atoms with Gasteiger partial charge in [0.05, 0.1) is 22.4 Å². The molecule has 3 aromatic carbocycles. The Balaban J connectivity index is 1.51. The number of hydrogen-bond donors (Lipinski definition) is 0. The molecule has 5 nitrogen and oxygen atoms in total. The predicted octanol–water partition coefficient (Wildman–Crippen LogP) is 8.88. The van der Waals surface area contributed by atoms with Crippen molar-refractivity contribution >= 4 is 57.6 Å². The van der Waals surface area contributed by atoms with E-state index in [0.29, 0.717) is 10.0 Å². The Hall–Kier alpha value is -3.32. The second-order valence-corrected chi connectivity index (χ2v) is 10.7. The first-order valence-electron chi connectivity index (χ1n) is 11.9. The molecule has 3 aromatic rings. The van der Waals surface area contributed by atoms with Crippen molar-refractivity contribution in [1.29, 1.82) is 0 Å². The van der Waals surface area contributed by atoms with Crippen molar-refractivity contribution in [3.63, 3.8) is 0 Å². The van der Waals surface area contributed by atoms with Gasteiger partial charge in [-0.1, -0.05) is 83.5 Å². The molecule has 3 aliphatic rings. The number of fused-ring (bicyclic) bond motifs is 1. The summed E-state index contributed by atoms with van der Waals surface area (Å²) in [6.45, 7) is 0. The lowest BCUT2D eigenvalue weighted by molar-refractivity contribution is -0.384. The minimum atomic E-state index is -0.365. The Bertz CT molecular complexity index is 1560. The highest BCUT2D eigenvalue weighted by Gasteiger charge is 2.41. The highest BCUT2D eigenvalue weighted by molar-refractivity contribution is 8.16. The van der Waals surface area contributed by atoms with Gasteiger partial charge in [0.15, 0.2) is 5.17 Å². The van der Waals surface area contributed by atoms with Gasteiger partial charge in [0.1, 0.15) is 0 Å². The number of hydrogen-bond acceptors (Lipinski definition) is 5. The van der Waals surface area contributed by atoms with Crippen LogP contribution >= 0.6 is 35.0 Å². The first-order chi connectivity index (χ1) is 18.0. The molecule has 2 heterocycles. The molecule has 37 heavy (non-hydrogen) atoms. The van der Waals surface area contributed by atoms with Gasteiger partial charge in [-0.2, -0.15) is 0 Å². The zero-order valence-corrected chi connectivity index (χ0v) is 21.9. The van der Waals surface area contributed by atoms with Gasteiger partial charge in [0.2, 0.25) is 0 Å². The van der Waals surface area contributed by atoms with Gasteiger partial charge in [-0.15, -0.1) is 0 Å². The van der Waals surface area contributed by atoms with Crippen molar-refractivity contribution in [1.82, 2.24) is 4.90 Å². The van der Waals surface area contributed by atoms with Crippen molar-refractivity contribution in [2.24, 2.45) is 4.99 Å². The number of allylic oxidation sites excluding steroid dienone is 1. The fourth-order valence-electron chi connectivity index (χ4n) is 5.16. The average molecular weight is 546 g/mol. The number of rotatable bonds is 4. The summed E-state index contributed by atoms with van der Waals surface area (Å²) in [4.78, 5) is 18.5. The summed E-state index contributed by atoms with van der Waals surface area (Å²) < 4.78 is 0. The number of nitrogens with zero attached hydrogens (tertiary/aromatic N) is 3. The van der Waals surface area contributed by atoms with Crippen molar-refractivity contribution in [2.45, 2.75) is 25.3 Å². The van der Waals surface area contributed by atoms with E-state index in [-0.39, 0.29) is 16.7 Å². The van der Waals surface area contributed by atoms with Crippen LogP contribution in [-0.2, 0) is 0 Å². The molecule has 1 atom stereocenters. The molecule has 8 heteroatoms. The van der Waals surface area contributed by atoms with Gasteiger partial charge < -0.3 is 4.90 Å². The van der Waals surface area contributed by atoms with Crippen LogP contribution in [0.1, 0.15) is 42.0 Å². The number of thioether (sulfide) groups is 1. The molecule has 0 radical (unpaired) electrons. The second kappa shape index (κ2) is 9.86. The van der Waals surface area contributed by atoms with E-state index in [2.05, 4.69) is 17.0 Å². The molecule has 0 unspecified atom stereocenters. The molecule has 0 spiro atoms. The third-order valence-electron chi connectivity index (χ3n) is 6.83. The minimum absolute atomic E-state index is 0.0580. The van der Waals surface area contributed by atoms with E-state index in [1.807, 2.05) is 53.9 Å². The third kappa shape index (κ3) is 4.39. The monoisotopic (exact) mass is 545 g/mol. The molecular formula is C29H21Cl2N3O2S. The predicted molar refractivity (Wildman–Crippen MR) is 152 cm³/mol. The van der Waals surface area contributed by atoms with Crippen LogP contribution < -0.4 is 0 Å². The van der Waals surface area contributed by atoms with E-state index in [1.54, 1.807) is 12.1 Å². The number of benzene rings is 3. The molecule has 2 aliphatic heterocycles. The quantitative estimate of drug-likeness (QED) is 0.242. The maximum absolute atomic E-state index is 11.5. The van der Waals surface area contributed by atoms with Gasteiger partial charge >= 0.3 is 0 Å². The molecule has 0 aromatic heterocycles. The summed E-state index contributed by atoms with van der Waals surface area (Å²) in [6.07, 6.45) is 4.92. The van der Waals surface area contributed by atoms with Gasteiger partial charge in [-0.25, -0.2) is 4.99 Å². The van der Waals surface area contributed by atoms with Crippen LogP contribution in [-0.4, -0.2) is 15.0 Å². The average Bonchev–Trinajstić information content (AvgIpc) is 3.33. The number of halogens is 2. The molecule has 0 saturated carbocycles. The standard InChI is InChI=1S/C29H21Cl2N3O2S/c30-24-13-3-1-7-18(24)15-20-9-6-12-23-27(20)32-29-33(28(23)22-11-2-4-14-25(22)31)26(17-37-29)19-8-5-10-21(16-19)34(35)36/h1-5,7-8,10-11,13-17,28H,6,9,12H2/b20-15+/t28-/m1/s1. The Morgan fingerprint density at radius 1 is 1.00 bits per heavy atom. The lowest BCUT2D eigenvalue weighted by Gasteiger charge is -2.40. The van der Waals surface area contributed by atoms with Gasteiger partial charge in [-0.05, 0) is 59.7 Å². The Morgan fingerprint density at radius 3 is 2.57 bits per heavy atom. The van der Waals surface area contributed by atoms with Gasteiger partial charge in [-0.3, -0.25) is 10.1 Å². The number of nitro groups is 1. The van der Waals surface area contributed by atoms with Crippen molar-refractivity contribution in [3.05, 3.63) is 132 Å². The highest BCUT2D eigenvalue weighted by atomic mass is 35.5. The van der Waals surface area contributed by atoms with Crippen LogP contribution in [0, 0.1) is 10.1 Å². The summed E-state index contributed by atoms with van der Waals surface area (Å²) >= 11 is 14.8. The molecule has 184 valence electrons. The Kier molecular flexibility index (Phi) is 6.41. The lowest BCUT2D eigenvalue weighted by atomic mass is 9.82. The van der Waals surface area contributed by atoms with Crippen molar-refractivity contribution in [2.75, 3.05) is 0 Å². The molecule has 0 N–H and O–H groups in total. The summed E-state index contributed by atoms with van der Waals surface area (Å²) in [5.41, 5.74) is 7.01. The number of non-ortho nitro benzene ring substituents is 1. The van der Waals surface area contributed by atoms with Crippen LogP contribution in [0.3, 0.4) is 0 Å². The third-order valence-corrected chi connectivity index (χ3v) is 8.35. The van der Waals surface area contributed by atoms with E-state index < -0.39 is 0 Å².